The number of rotatable bonds is 4. The highest BCUT2D eigenvalue weighted by Gasteiger charge is 2.35. The second kappa shape index (κ2) is 7.38. The largest absolute Gasteiger partial charge is 0.347 e. The molecule has 3 aromatic heterocycles. The summed E-state index contributed by atoms with van der Waals surface area (Å²) in [5.41, 5.74) is 2.71. The third-order valence-corrected chi connectivity index (χ3v) is 5.00. The quantitative estimate of drug-likeness (QED) is 0.688. The molecule has 2 amide bonds. The topological polar surface area (TPSA) is 84.2 Å². The Morgan fingerprint density at radius 3 is 2.82 bits per heavy atom. The van der Waals surface area contributed by atoms with E-state index in [9.17, 15) is 9.59 Å². The lowest BCUT2D eigenvalue weighted by molar-refractivity contribution is -0.132. The van der Waals surface area contributed by atoms with Crippen molar-refractivity contribution in [2.45, 2.75) is 25.4 Å². The van der Waals surface area contributed by atoms with Gasteiger partial charge in [0.1, 0.15) is 11.6 Å². The second-order valence-electron chi connectivity index (χ2n) is 7.15. The minimum atomic E-state index is -0.403. The van der Waals surface area contributed by atoms with E-state index in [0.717, 1.165) is 12.1 Å². The molecule has 4 heterocycles. The Bertz CT molecular complexity index is 1010. The predicted molar refractivity (Wildman–Crippen MR) is 104 cm³/mol. The molecule has 1 fully saturated rings. The summed E-state index contributed by atoms with van der Waals surface area (Å²) < 4.78 is 1.90. The number of likely N-dealkylation sites (tertiary alicyclic amines) is 1. The van der Waals surface area contributed by atoms with Crippen molar-refractivity contribution in [3.63, 3.8) is 0 Å². The van der Waals surface area contributed by atoms with Crippen LogP contribution in [0.5, 0.6) is 0 Å². The average Bonchev–Trinajstić information content (AvgIpc) is 3.34. The van der Waals surface area contributed by atoms with Crippen molar-refractivity contribution < 1.29 is 9.59 Å². The summed E-state index contributed by atoms with van der Waals surface area (Å²) in [6.45, 7) is 1.14. The molecule has 0 aliphatic carbocycles. The van der Waals surface area contributed by atoms with Crippen LogP contribution < -0.4 is 0 Å². The van der Waals surface area contributed by atoms with Gasteiger partial charge in [0.2, 0.25) is 5.91 Å². The van der Waals surface area contributed by atoms with Crippen molar-refractivity contribution in [1.29, 1.82) is 0 Å². The highest BCUT2D eigenvalue weighted by atomic mass is 16.2. The molecule has 0 radical (unpaired) electrons. The van der Waals surface area contributed by atoms with Gasteiger partial charge in [0.05, 0.1) is 24.1 Å². The fourth-order valence-corrected chi connectivity index (χ4v) is 3.58. The first-order valence-corrected chi connectivity index (χ1v) is 9.27. The van der Waals surface area contributed by atoms with Gasteiger partial charge >= 0.3 is 0 Å². The molecule has 0 N–H and O–H groups in total. The van der Waals surface area contributed by atoms with E-state index in [1.54, 1.807) is 43.8 Å². The van der Waals surface area contributed by atoms with Gasteiger partial charge in [-0.1, -0.05) is 6.07 Å². The van der Waals surface area contributed by atoms with Crippen molar-refractivity contribution >= 4 is 23.0 Å². The molecule has 8 nitrogen and oxygen atoms in total. The number of aromatic nitrogens is 4. The van der Waals surface area contributed by atoms with Crippen LogP contribution in [0.3, 0.4) is 0 Å². The smallest absolute Gasteiger partial charge is 0.256 e. The van der Waals surface area contributed by atoms with Crippen molar-refractivity contribution in [1.82, 2.24) is 29.3 Å². The monoisotopic (exact) mass is 378 g/mol. The Morgan fingerprint density at radius 1 is 1.21 bits per heavy atom. The van der Waals surface area contributed by atoms with Gasteiger partial charge in [0.15, 0.2) is 5.65 Å². The van der Waals surface area contributed by atoms with Crippen LogP contribution in [0, 0.1) is 0 Å². The molecule has 3 aromatic rings. The van der Waals surface area contributed by atoms with Gasteiger partial charge in [-0.2, -0.15) is 0 Å². The minimum Gasteiger partial charge on any atom is -0.347 e. The Kier molecular flexibility index (Phi) is 4.77. The van der Waals surface area contributed by atoms with E-state index in [-0.39, 0.29) is 11.8 Å². The molecule has 144 valence electrons. The zero-order valence-corrected chi connectivity index (χ0v) is 15.9. The van der Waals surface area contributed by atoms with Gasteiger partial charge in [-0.05, 0) is 31.0 Å². The summed E-state index contributed by atoms with van der Waals surface area (Å²) in [6.07, 6.45) is 6.53. The SMILES string of the molecule is CN(C)C(=O)[C@@H]1CCCN1C(=O)c1cnc2c(c1)ncn2Cc1ccccn1. The molecule has 0 spiro atoms. The molecule has 28 heavy (non-hydrogen) atoms. The van der Waals surface area contributed by atoms with Gasteiger partial charge in [0.25, 0.3) is 5.91 Å². The predicted octanol–water partition coefficient (Wildman–Crippen LogP) is 1.57. The lowest BCUT2D eigenvalue weighted by Gasteiger charge is -2.26. The molecule has 0 aromatic carbocycles. The Morgan fingerprint density at radius 2 is 2.07 bits per heavy atom. The highest BCUT2D eigenvalue weighted by Crippen LogP contribution is 2.22. The van der Waals surface area contributed by atoms with Crippen LogP contribution in [0.2, 0.25) is 0 Å². The van der Waals surface area contributed by atoms with Crippen LogP contribution in [0.25, 0.3) is 11.2 Å². The summed E-state index contributed by atoms with van der Waals surface area (Å²) in [6, 6.07) is 7.10. The third kappa shape index (κ3) is 3.33. The number of carbonyl (C=O) groups is 2. The zero-order valence-electron chi connectivity index (χ0n) is 15.9. The molecule has 0 saturated carbocycles. The lowest BCUT2D eigenvalue weighted by atomic mass is 10.1. The van der Waals surface area contributed by atoms with E-state index in [2.05, 4.69) is 15.0 Å². The maximum absolute atomic E-state index is 13.0. The van der Waals surface area contributed by atoms with Crippen molar-refractivity contribution in [2.24, 2.45) is 0 Å². The number of hydrogen-bond acceptors (Lipinski definition) is 5. The first-order valence-electron chi connectivity index (χ1n) is 9.27. The standard InChI is InChI=1S/C20H22N6O2/c1-24(2)20(28)17-7-5-9-26(17)19(27)14-10-16-18(22-11-14)25(13-23-16)12-15-6-3-4-8-21-15/h3-4,6,8,10-11,13,17H,5,7,9,12H2,1-2H3/t17-/m0/s1. The Labute approximate surface area is 162 Å². The van der Waals surface area contributed by atoms with Crippen LogP contribution in [0.4, 0.5) is 0 Å². The van der Waals surface area contributed by atoms with Crippen LogP contribution in [-0.2, 0) is 11.3 Å². The maximum Gasteiger partial charge on any atom is 0.256 e. The maximum atomic E-state index is 13.0. The third-order valence-electron chi connectivity index (χ3n) is 5.00. The van der Waals surface area contributed by atoms with Gasteiger partial charge in [-0.3, -0.25) is 14.6 Å². The van der Waals surface area contributed by atoms with Gasteiger partial charge in [-0.25, -0.2) is 9.97 Å². The molecular formula is C20H22N6O2. The van der Waals surface area contributed by atoms with E-state index in [1.807, 2.05) is 22.8 Å². The summed E-state index contributed by atoms with van der Waals surface area (Å²) in [4.78, 5) is 41.7. The van der Waals surface area contributed by atoms with Crippen LogP contribution in [0.15, 0.2) is 43.0 Å². The number of nitrogens with zero attached hydrogens (tertiary/aromatic N) is 6. The van der Waals surface area contributed by atoms with Crippen LogP contribution >= 0.6 is 0 Å². The Hall–Kier alpha value is -3.29. The number of likely N-dealkylation sites (N-methyl/N-ethyl adjacent to an activating group) is 1. The lowest BCUT2D eigenvalue weighted by Crippen LogP contribution is -2.45. The zero-order chi connectivity index (χ0) is 19.7. The average molecular weight is 378 g/mol. The number of carbonyl (C=O) groups excluding carboxylic acids is 2. The van der Waals surface area contributed by atoms with E-state index in [1.165, 1.54) is 4.90 Å². The molecule has 1 saturated heterocycles. The molecule has 0 unspecified atom stereocenters. The fraction of sp³-hybridized carbons (Fsp3) is 0.350. The van der Waals surface area contributed by atoms with E-state index in [0.29, 0.717) is 36.2 Å². The van der Waals surface area contributed by atoms with Crippen molar-refractivity contribution in [3.05, 3.63) is 54.2 Å². The van der Waals surface area contributed by atoms with Gasteiger partial charge < -0.3 is 14.4 Å². The molecular weight excluding hydrogens is 356 g/mol. The first kappa shape index (κ1) is 18.1. The number of amides is 2. The summed E-state index contributed by atoms with van der Waals surface area (Å²) >= 11 is 0. The first-order chi connectivity index (χ1) is 13.5. The molecule has 4 rings (SSSR count). The highest BCUT2D eigenvalue weighted by molar-refractivity contribution is 5.99. The number of imidazole rings is 1. The summed E-state index contributed by atoms with van der Waals surface area (Å²) in [5.74, 6) is -0.217. The second-order valence-corrected chi connectivity index (χ2v) is 7.15. The van der Waals surface area contributed by atoms with E-state index in [4.69, 9.17) is 0 Å². The summed E-state index contributed by atoms with van der Waals surface area (Å²) in [5, 5.41) is 0. The molecule has 8 heteroatoms. The molecule has 1 atom stereocenters. The van der Waals surface area contributed by atoms with E-state index < -0.39 is 6.04 Å². The van der Waals surface area contributed by atoms with Gasteiger partial charge in [-0.15, -0.1) is 0 Å². The number of hydrogen-bond donors (Lipinski definition) is 0. The minimum absolute atomic E-state index is 0.0421. The number of pyridine rings is 2. The molecule has 1 aliphatic heterocycles. The van der Waals surface area contributed by atoms with Gasteiger partial charge in [0, 0.05) is 33.0 Å². The van der Waals surface area contributed by atoms with Crippen molar-refractivity contribution in [2.75, 3.05) is 20.6 Å². The fourth-order valence-electron chi connectivity index (χ4n) is 3.58. The van der Waals surface area contributed by atoms with Crippen molar-refractivity contribution in [3.8, 4) is 0 Å². The number of fused-ring (bicyclic) bond motifs is 1. The molecule has 1 aliphatic rings. The van der Waals surface area contributed by atoms with Crippen LogP contribution in [0.1, 0.15) is 28.9 Å². The van der Waals surface area contributed by atoms with E-state index >= 15 is 0 Å². The normalized spacial score (nSPS) is 16.5. The van der Waals surface area contributed by atoms with Crippen LogP contribution in [-0.4, -0.2) is 67.8 Å². The molecule has 0 bridgehead atoms. The Balaban J connectivity index is 1.58. The summed E-state index contributed by atoms with van der Waals surface area (Å²) in [7, 11) is 3.43.